The summed E-state index contributed by atoms with van der Waals surface area (Å²) in [6.07, 6.45) is 3.64. The van der Waals surface area contributed by atoms with E-state index in [0.29, 0.717) is 122 Å². The van der Waals surface area contributed by atoms with E-state index in [1.54, 1.807) is 6.92 Å². The lowest BCUT2D eigenvalue weighted by Gasteiger charge is -2.40. The van der Waals surface area contributed by atoms with Gasteiger partial charge >= 0.3 is 0 Å². The van der Waals surface area contributed by atoms with E-state index < -0.39 is 11.7 Å². The number of amides is 4. The lowest BCUT2D eigenvalue weighted by Crippen LogP contribution is -2.46. The number of ether oxygens (including phenoxy) is 5. The maximum Gasteiger partial charge on any atom is 0.264 e. The fraction of sp³-hybridized carbons (Fsp3) is 0.456. The Morgan fingerprint density at radius 2 is 1.34 bits per heavy atom. The first-order valence-corrected chi connectivity index (χ1v) is 25.5. The molecule has 0 aliphatic carbocycles. The fourth-order valence-electron chi connectivity index (χ4n) is 8.67. The topological polar surface area (TPSA) is 169 Å². The second kappa shape index (κ2) is 30.9. The summed E-state index contributed by atoms with van der Waals surface area (Å²) in [4.78, 5) is 54.4. The zero-order chi connectivity index (χ0) is 52.5. The van der Waals surface area contributed by atoms with Crippen molar-refractivity contribution in [3.63, 3.8) is 0 Å². The largest absolute Gasteiger partial charge is 0.377 e. The Labute approximate surface area is 435 Å². The van der Waals surface area contributed by atoms with Gasteiger partial charge in [0.25, 0.3) is 11.8 Å². The van der Waals surface area contributed by atoms with Crippen LogP contribution >= 0.6 is 11.6 Å². The van der Waals surface area contributed by atoms with E-state index in [9.17, 15) is 28.8 Å². The second-order valence-electron chi connectivity index (χ2n) is 18.4. The van der Waals surface area contributed by atoms with E-state index in [0.717, 1.165) is 28.3 Å². The summed E-state index contributed by atoms with van der Waals surface area (Å²) in [5, 5.41) is 16.1. The van der Waals surface area contributed by atoms with Gasteiger partial charge in [-0.25, -0.2) is 4.39 Å². The molecule has 0 radical (unpaired) electrons. The van der Waals surface area contributed by atoms with Crippen LogP contribution in [0.1, 0.15) is 79.9 Å². The van der Waals surface area contributed by atoms with Gasteiger partial charge in [0.05, 0.1) is 72.0 Å². The maximum atomic E-state index is 13.2. The molecule has 3 atom stereocenters. The number of carbonyl (C=O) groups excluding carboxylic acids is 4. The second-order valence-corrected chi connectivity index (χ2v) is 18.8. The molecule has 2 aliphatic rings. The maximum absolute atomic E-state index is 13.2. The van der Waals surface area contributed by atoms with Gasteiger partial charge in [0.15, 0.2) is 0 Å². The van der Waals surface area contributed by atoms with Gasteiger partial charge < -0.3 is 44.1 Å². The molecule has 1 saturated heterocycles. The third-order valence-corrected chi connectivity index (χ3v) is 12.8. The molecule has 1 fully saturated rings. The standard InChI is InChI=1S/C50H64FN5O9.C7H7Cl/c1-35(2)45-30-36(3)56(37(4)57)47-16-13-41(32-46(45)47)39-9-11-40(12-10-39)48(58)53-17-20-61-22-24-63-26-28-65-29-27-64-25-23-62-21-18-54-49(59)42-6-5-19-55(34-42)50(60)43(33-52)31-38-7-14-44(51)15-8-38;1-6-2-4-7(8)5-3-6/h7-16,31-32,35-36,42,45H,5-6,17-30,34H2,1-4H3,(H,53,58)(H,54,59);2-5H,1H3/b43-31+;. The van der Waals surface area contributed by atoms with Crippen molar-refractivity contribution in [2.45, 2.75) is 65.8 Å². The first kappa shape index (κ1) is 57.9. The highest BCUT2D eigenvalue weighted by atomic mass is 35.5. The van der Waals surface area contributed by atoms with Gasteiger partial charge in [-0.2, -0.15) is 5.26 Å². The monoisotopic (exact) mass is 1020 g/mol. The number of hydrogen-bond donors (Lipinski definition) is 2. The average Bonchev–Trinajstić information content (AvgIpc) is 3.39. The number of fused-ring (bicyclic) bond motifs is 1. The van der Waals surface area contributed by atoms with Crippen molar-refractivity contribution >= 4 is 47.0 Å². The first-order valence-electron chi connectivity index (χ1n) is 25.1. The van der Waals surface area contributed by atoms with E-state index in [1.807, 2.05) is 72.5 Å². The van der Waals surface area contributed by atoms with E-state index >= 15 is 0 Å². The number of nitrogens with one attached hydrogen (secondary N) is 2. The Hall–Kier alpha value is -5.99. The number of nitrogens with zero attached hydrogens (tertiary/aromatic N) is 3. The molecule has 73 heavy (non-hydrogen) atoms. The van der Waals surface area contributed by atoms with Gasteiger partial charge in [0.2, 0.25) is 11.8 Å². The SMILES string of the molecule is CC(=O)N1c2ccc(-c3ccc(C(=O)NCCOCCOCCOCCOCCOCCNC(=O)C4CCCN(C(=O)/C(C#N)=C/c5ccc(F)cc5)C4)cc3)cc2C(C(C)C)CC1C.Cc1ccc(Cl)cc1. The van der Waals surface area contributed by atoms with Crippen LogP contribution < -0.4 is 15.5 Å². The lowest BCUT2D eigenvalue weighted by atomic mass is 9.78. The molecular weight excluding hydrogens is 953 g/mol. The van der Waals surface area contributed by atoms with Crippen molar-refractivity contribution in [2.75, 3.05) is 97.1 Å². The molecule has 0 aromatic heterocycles. The average molecular weight is 1020 g/mol. The summed E-state index contributed by atoms with van der Waals surface area (Å²) in [5.74, 6) is -0.708. The number of aryl methyl sites for hydroxylation is 1. The van der Waals surface area contributed by atoms with Gasteiger partial charge in [-0.3, -0.25) is 19.2 Å². The first-order chi connectivity index (χ1) is 35.2. The molecule has 392 valence electrons. The highest BCUT2D eigenvalue weighted by Crippen LogP contribution is 2.44. The van der Waals surface area contributed by atoms with Crippen LogP contribution in [0.25, 0.3) is 17.2 Å². The highest BCUT2D eigenvalue weighted by molar-refractivity contribution is 6.30. The minimum atomic E-state index is -0.447. The predicted molar refractivity (Wildman–Crippen MR) is 282 cm³/mol. The Bertz CT molecular complexity index is 2430. The summed E-state index contributed by atoms with van der Waals surface area (Å²) >= 11 is 5.61. The molecule has 4 amide bonds. The molecule has 4 aromatic rings. The molecule has 3 unspecified atom stereocenters. The molecule has 2 heterocycles. The van der Waals surface area contributed by atoms with Crippen LogP contribution in [0, 0.1) is 35.9 Å². The number of hydrogen-bond acceptors (Lipinski definition) is 10. The van der Waals surface area contributed by atoms with E-state index in [-0.39, 0.29) is 41.8 Å². The molecule has 4 aromatic carbocycles. The van der Waals surface area contributed by atoms with Crippen LogP contribution in [-0.4, -0.2) is 127 Å². The molecule has 0 bridgehead atoms. The zero-order valence-electron chi connectivity index (χ0n) is 42.8. The van der Waals surface area contributed by atoms with Crippen LogP contribution in [0.15, 0.2) is 96.6 Å². The number of likely N-dealkylation sites (tertiary alicyclic amines) is 1. The molecule has 14 nitrogen and oxygen atoms in total. The Morgan fingerprint density at radius 3 is 1.89 bits per heavy atom. The van der Waals surface area contributed by atoms with Crippen LogP contribution in [0.5, 0.6) is 0 Å². The molecule has 2 aliphatic heterocycles. The van der Waals surface area contributed by atoms with Crippen molar-refractivity contribution in [3.8, 4) is 17.2 Å². The number of rotatable bonds is 24. The number of piperidine rings is 1. The van der Waals surface area contributed by atoms with Crippen LogP contribution in [0.3, 0.4) is 0 Å². The number of carbonyl (C=O) groups is 4. The highest BCUT2D eigenvalue weighted by Gasteiger charge is 2.34. The van der Waals surface area contributed by atoms with E-state index in [2.05, 4.69) is 43.5 Å². The number of benzene rings is 4. The normalized spacial score (nSPS) is 16.5. The Morgan fingerprint density at radius 1 is 0.781 bits per heavy atom. The molecular formula is C57H71ClFN5O9. The van der Waals surface area contributed by atoms with Gasteiger partial charge in [0, 0.05) is 55.4 Å². The minimum Gasteiger partial charge on any atom is -0.377 e. The predicted octanol–water partition coefficient (Wildman–Crippen LogP) is 8.80. The fourth-order valence-corrected chi connectivity index (χ4v) is 8.80. The zero-order valence-corrected chi connectivity index (χ0v) is 43.6. The molecule has 6 rings (SSSR count). The van der Waals surface area contributed by atoms with Crippen molar-refractivity contribution in [2.24, 2.45) is 11.8 Å². The van der Waals surface area contributed by atoms with Gasteiger partial charge in [-0.15, -0.1) is 0 Å². The van der Waals surface area contributed by atoms with Crippen LogP contribution in [0.4, 0.5) is 10.1 Å². The van der Waals surface area contributed by atoms with E-state index in [1.165, 1.54) is 46.4 Å². The summed E-state index contributed by atoms with van der Waals surface area (Å²) < 4.78 is 41.0. The minimum absolute atomic E-state index is 0.0572. The molecule has 16 heteroatoms. The third-order valence-electron chi connectivity index (χ3n) is 12.5. The smallest absolute Gasteiger partial charge is 0.264 e. The van der Waals surface area contributed by atoms with Crippen LogP contribution in [-0.2, 0) is 38.1 Å². The van der Waals surface area contributed by atoms with Crippen molar-refractivity contribution in [3.05, 3.63) is 130 Å². The van der Waals surface area contributed by atoms with Crippen molar-refractivity contribution < 1.29 is 47.3 Å². The summed E-state index contributed by atoms with van der Waals surface area (Å²) in [5.41, 5.74) is 6.55. The summed E-state index contributed by atoms with van der Waals surface area (Å²) in [6, 6.07) is 29.2. The Kier molecular flexibility index (Phi) is 24.5. The number of anilines is 1. The summed E-state index contributed by atoms with van der Waals surface area (Å²) in [6.45, 7) is 15.4. The Balaban J connectivity index is 0.00000112. The number of halogens is 2. The quantitative estimate of drug-likeness (QED) is 0.0393. The molecule has 0 spiro atoms. The van der Waals surface area contributed by atoms with Gasteiger partial charge in [-0.1, -0.05) is 73.5 Å². The van der Waals surface area contributed by atoms with Crippen molar-refractivity contribution in [1.82, 2.24) is 15.5 Å². The summed E-state index contributed by atoms with van der Waals surface area (Å²) in [7, 11) is 0. The molecule has 0 saturated carbocycles. The van der Waals surface area contributed by atoms with Crippen LogP contribution in [0.2, 0.25) is 5.02 Å². The van der Waals surface area contributed by atoms with Crippen molar-refractivity contribution in [1.29, 1.82) is 5.26 Å². The van der Waals surface area contributed by atoms with E-state index in [4.69, 9.17) is 35.3 Å². The lowest BCUT2D eigenvalue weighted by molar-refractivity contribution is -0.132. The third kappa shape index (κ3) is 19.1. The van der Waals surface area contributed by atoms with Gasteiger partial charge in [0.1, 0.15) is 17.5 Å². The molecule has 2 N–H and O–H groups in total. The van der Waals surface area contributed by atoms with Gasteiger partial charge in [-0.05, 0) is 122 Å². The number of nitriles is 1.